The molecule has 8 atom stereocenters. The molecule has 8 aromatic carbocycles. The van der Waals surface area contributed by atoms with Crippen LogP contribution in [0, 0.1) is 23.2 Å². The fourth-order valence-corrected chi connectivity index (χ4v) is 17.7. The van der Waals surface area contributed by atoms with Gasteiger partial charge < -0.3 is 4.74 Å². The molecule has 1 spiro atoms. The highest BCUT2D eigenvalue weighted by atomic mass is 16.5. The molecule has 2 fully saturated rings. The maximum absolute atomic E-state index is 12.7. The van der Waals surface area contributed by atoms with Gasteiger partial charge in [0.05, 0.1) is 7.11 Å². The van der Waals surface area contributed by atoms with Gasteiger partial charge in [0, 0.05) is 35.5 Å². The van der Waals surface area contributed by atoms with Crippen molar-refractivity contribution in [3.63, 3.8) is 0 Å². The number of benzene rings is 5. The first-order chi connectivity index (χ1) is 26.2. The molecule has 18 rings (SSSR count). The van der Waals surface area contributed by atoms with Gasteiger partial charge in [-0.1, -0.05) is 54.6 Å². The van der Waals surface area contributed by atoms with Gasteiger partial charge in [-0.05, 0) is 192 Å². The normalized spacial score (nSPS) is 33.4. The largest absolute Gasteiger partial charge is 0.469 e. The highest BCUT2D eigenvalue weighted by molar-refractivity contribution is 6.51. The van der Waals surface area contributed by atoms with E-state index in [-0.39, 0.29) is 16.8 Å². The van der Waals surface area contributed by atoms with E-state index in [1.165, 1.54) is 31.2 Å². The van der Waals surface area contributed by atoms with E-state index in [0.717, 1.165) is 12.8 Å². The van der Waals surface area contributed by atoms with Crippen LogP contribution in [0.5, 0.6) is 0 Å². The molecule has 2 nitrogen and oxygen atoms in total. The minimum atomic E-state index is -0.0684. The summed E-state index contributed by atoms with van der Waals surface area (Å²) < 4.78 is 5.25. The second-order valence-corrected chi connectivity index (χ2v) is 19.4. The Hall–Kier alpha value is -4.95. The third-order valence-electron chi connectivity index (χ3n) is 18.4. The van der Waals surface area contributed by atoms with Gasteiger partial charge in [0.1, 0.15) is 0 Å². The van der Waals surface area contributed by atoms with Gasteiger partial charge in [-0.3, -0.25) is 4.79 Å². The molecule has 10 aliphatic rings. The summed E-state index contributed by atoms with van der Waals surface area (Å²) in [5.74, 6) is 2.98. The van der Waals surface area contributed by atoms with Crippen LogP contribution in [0.4, 0.5) is 0 Å². The second-order valence-electron chi connectivity index (χ2n) is 19.4. The van der Waals surface area contributed by atoms with Crippen LogP contribution in [0.1, 0.15) is 93.5 Å². The number of fused-ring (bicyclic) bond motifs is 1. The van der Waals surface area contributed by atoms with Gasteiger partial charge in [0.25, 0.3) is 0 Å². The number of carbonyl (C=O) groups is 1. The van der Waals surface area contributed by atoms with Gasteiger partial charge >= 0.3 is 5.97 Å². The summed E-state index contributed by atoms with van der Waals surface area (Å²) in [4.78, 5) is 12.7. The minimum absolute atomic E-state index is 0.000524. The molecule has 0 radical (unpaired) electrons. The molecule has 0 amide bonds. The van der Waals surface area contributed by atoms with Crippen LogP contribution in [0.15, 0.2) is 48.5 Å². The molecule has 8 aromatic rings. The fraction of sp³-hybridized carbons (Fsp3) is 0.314. The van der Waals surface area contributed by atoms with Crippen molar-refractivity contribution >= 4 is 87.8 Å². The zero-order valence-corrected chi connectivity index (χ0v) is 29.4. The summed E-state index contributed by atoms with van der Waals surface area (Å²) in [5, 5.41) is 23.4. The second kappa shape index (κ2) is 6.92. The predicted octanol–water partition coefficient (Wildman–Crippen LogP) is 9.10. The summed E-state index contributed by atoms with van der Waals surface area (Å²) in [6, 6.07) is 17.1. The number of hydrogen-bond acceptors (Lipinski definition) is 2. The quantitative estimate of drug-likeness (QED) is 0.134. The van der Waals surface area contributed by atoms with E-state index in [1.54, 1.807) is 138 Å². The summed E-state index contributed by atoms with van der Waals surface area (Å²) in [6.45, 7) is 0. The van der Waals surface area contributed by atoms with Crippen molar-refractivity contribution in [2.45, 2.75) is 68.1 Å². The highest BCUT2D eigenvalue weighted by Crippen LogP contribution is 2.90. The molecule has 0 N–H and O–H groups in total. The lowest BCUT2D eigenvalue weighted by Crippen LogP contribution is -2.29. The number of allylic oxidation sites excluding steroid dienone is 2. The Bertz CT molecular complexity index is 3530. The van der Waals surface area contributed by atoms with Crippen LogP contribution >= 0.6 is 0 Å². The van der Waals surface area contributed by atoms with Crippen LogP contribution < -0.4 is 10.4 Å². The third-order valence-corrected chi connectivity index (χ3v) is 18.4. The van der Waals surface area contributed by atoms with E-state index in [9.17, 15) is 4.79 Å². The summed E-state index contributed by atoms with van der Waals surface area (Å²) in [7, 11) is 1.55. The molecular formula is C51H32O2. The molecule has 10 aliphatic carbocycles. The van der Waals surface area contributed by atoms with Crippen LogP contribution in [0.3, 0.4) is 0 Å². The molecule has 2 heteroatoms. The Morgan fingerprint density at radius 1 is 0.755 bits per heavy atom. The van der Waals surface area contributed by atoms with Crippen molar-refractivity contribution in [3.8, 4) is 0 Å². The first kappa shape index (κ1) is 25.1. The Kier molecular flexibility index (Phi) is 3.28. The predicted molar refractivity (Wildman–Crippen MR) is 210 cm³/mol. The molecular weight excluding hydrogens is 645 g/mol. The molecule has 0 aliphatic heterocycles. The van der Waals surface area contributed by atoms with Gasteiger partial charge in [0.2, 0.25) is 0 Å². The molecule has 0 saturated heterocycles. The van der Waals surface area contributed by atoms with Crippen LogP contribution in [0.2, 0.25) is 0 Å². The first-order valence-corrected chi connectivity index (χ1v) is 20.6. The Balaban J connectivity index is 1.12. The van der Waals surface area contributed by atoms with Crippen molar-refractivity contribution in [3.05, 3.63) is 109 Å². The van der Waals surface area contributed by atoms with E-state index in [4.69, 9.17) is 4.74 Å². The lowest BCUT2D eigenvalue weighted by atomic mass is 9.66. The molecule has 0 bridgehead atoms. The smallest absolute Gasteiger partial charge is 0.305 e. The van der Waals surface area contributed by atoms with Crippen molar-refractivity contribution in [1.29, 1.82) is 0 Å². The van der Waals surface area contributed by atoms with E-state index in [2.05, 4.69) is 54.6 Å². The number of carbonyl (C=O) groups excluding carboxylic acids is 1. The Morgan fingerprint density at radius 3 is 2.42 bits per heavy atom. The number of esters is 1. The zero-order valence-electron chi connectivity index (χ0n) is 29.4. The van der Waals surface area contributed by atoms with Gasteiger partial charge in [-0.15, -0.1) is 0 Å². The number of methoxy groups -OCH3 is 1. The van der Waals surface area contributed by atoms with E-state index < -0.39 is 0 Å². The molecule has 53 heavy (non-hydrogen) atoms. The Morgan fingerprint density at radius 2 is 1.53 bits per heavy atom. The average Bonchev–Trinajstić information content (AvgIpc) is 3.86. The molecule has 2 saturated carbocycles. The monoisotopic (exact) mass is 676 g/mol. The van der Waals surface area contributed by atoms with Crippen LogP contribution in [-0.4, -0.2) is 13.1 Å². The standard InChI is InChI=1S/C51H32O2/c1-53-27(52)8-5-9-50(25-6-3-2-4-7-25)49-26-16-23-14-20-12-21-11-18-10-19-13-22-15-24-17-51(49,50)48-34(24)39-33(22)38-29(19)28(18)36-32(21)37-30(20)31(23)40-35(26)47(48)46-44(39)42(38)41(36)43(37)45(40)46/h2-4,6-7,12-13,15-16,18,23-24,31,48-49H,5,8-11,14,17H2,1H3. The van der Waals surface area contributed by atoms with E-state index >= 15 is 0 Å². The van der Waals surface area contributed by atoms with Crippen LogP contribution in [0.25, 0.3) is 81.9 Å². The molecule has 8 unspecified atom stereocenters. The molecule has 0 heterocycles. The number of hydrogen-bond donors (Lipinski definition) is 0. The van der Waals surface area contributed by atoms with Gasteiger partial charge in [-0.25, -0.2) is 0 Å². The summed E-state index contributed by atoms with van der Waals surface area (Å²) >= 11 is 0. The maximum Gasteiger partial charge on any atom is 0.305 e. The zero-order chi connectivity index (χ0) is 33.5. The average molecular weight is 677 g/mol. The summed E-state index contributed by atoms with van der Waals surface area (Å²) in [6.07, 6.45) is 12.9. The fourth-order valence-electron chi connectivity index (χ4n) is 17.7. The van der Waals surface area contributed by atoms with Crippen molar-refractivity contribution in [1.82, 2.24) is 0 Å². The topological polar surface area (TPSA) is 26.3 Å². The summed E-state index contributed by atoms with van der Waals surface area (Å²) in [5.41, 5.74) is 18.8. The molecule has 0 aromatic heterocycles. The lowest BCUT2D eigenvalue weighted by Gasteiger charge is -2.36. The van der Waals surface area contributed by atoms with E-state index in [1.807, 2.05) is 0 Å². The maximum atomic E-state index is 12.7. The minimum Gasteiger partial charge on any atom is -0.469 e. The van der Waals surface area contributed by atoms with Gasteiger partial charge in [-0.2, -0.15) is 0 Å². The SMILES string of the molecule is COC(=O)CCCC1(c2ccccc2)C2C3=CC4Cc5cc6c7c8c5C4c4c3c3c5c4c8c4c7c7c8c(cc9c%10c(c5c4c8%10)=C4C(C=9)CC21C43)CC7C6. The first-order valence-electron chi connectivity index (χ1n) is 20.6. The number of rotatable bonds is 5. The number of ether oxygens (including phenoxy) is 1. The van der Waals surface area contributed by atoms with Crippen molar-refractivity contribution in [2.75, 3.05) is 7.11 Å². The van der Waals surface area contributed by atoms with Crippen LogP contribution in [-0.2, 0) is 34.2 Å². The highest BCUT2D eigenvalue weighted by Gasteiger charge is 2.84. The lowest BCUT2D eigenvalue weighted by molar-refractivity contribution is -0.140. The Labute approximate surface area is 303 Å². The third kappa shape index (κ3) is 1.97. The van der Waals surface area contributed by atoms with Crippen molar-refractivity contribution in [2.24, 2.45) is 23.2 Å². The molecule has 248 valence electrons. The van der Waals surface area contributed by atoms with Gasteiger partial charge in [0.15, 0.2) is 0 Å². The van der Waals surface area contributed by atoms with Crippen molar-refractivity contribution < 1.29 is 9.53 Å². The van der Waals surface area contributed by atoms with E-state index in [0.29, 0.717) is 41.9 Å².